The molecule has 0 aliphatic carbocycles. The smallest absolute Gasteiger partial charge is 0.220 e. The number of rotatable bonds is 8. The number of amides is 1. The molecule has 1 amide bonds. The number of hydrogen-bond donors (Lipinski definition) is 2. The summed E-state index contributed by atoms with van der Waals surface area (Å²) in [5, 5.41) is 11.6. The third kappa shape index (κ3) is 15.3. The van der Waals surface area contributed by atoms with Crippen molar-refractivity contribution in [1.82, 2.24) is 5.32 Å². The predicted molar refractivity (Wildman–Crippen MR) is 88.1 cm³/mol. The van der Waals surface area contributed by atoms with E-state index in [0.717, 1.165) is 11.8 Å². The molecule has 0 spiro atoms. The number of aliphatic hydroxyl groups is 1. The van der Waals surface area contributed by atoms with E-state index in [0.29, 0.717) is 19.3 Å². The lowest BCUT2D eigenvalue weighted by atomic mass is 10.0. The van der Waals surface area contributed by atoms with E-state index in [1.54, 1.807) is 6.92 Å². The molecule has 2 N–H and O–H groups in total. The summed E-state index contributed by atoms with van der Waals surface area (Å²) in [6, 6.07) is 0. The molecule has 0 fully saturated rings. The van der Waals surface area contributed by atoms with Gasteiger partial charge in [-0.3, -0.25) is 9.59 Å². The highest BCUT2D eigenvalue weighted by Gasteiger charge is 2.19. The molecule has 0 aliphatic heterocycles. The standard InChI is InChI=1S/C11H21NO3.C6H14/c1-4-9(14)5-6-10(15)12-11(2,3)7-8-13;1-5(2)6(3)4/h13H,4-8H2,1-3H3,(H,12,15);5-6H,1-4H3. The fraction of sp³-hybridized carbons (Fsp3) is 0.882. The SMILES string of the molecule is CC(C)C(C)C.CCC(=O)CCC(=O)NC(C)(C)CCO. The molecule has 0 atom stereocenters. The van der Waals surface area contributed by atoms with Crippen LogP contribution in [0.25, 0.3) is 0 Å². The molecule has 0 saturated heterocycles. The third-order valence-corrected chi connectivity index (χ3v) is 3.57. The number of hydrogen-bond acceptors (Lipinski definition) is 3. The molecular formula is C17H35NO3. The molecule has 0 aromatic carbocycles. The predicted octanol–water partition coefficient (Wildman–Crippen LogP) is 3.32. The van der Waals surface area contributed by atoms with Crippen LogP contribution in [0, 0.1) is 11.8 Å². The molecule has 0 aromatic rings. The third-order valence-electron chi connectivity index (χ3n) is 3.57. The number of aliphatic hydroxyl groups excluding tert-OH is 1. The minimum atomic E-state index is -0.402. The molecule has 126 valence electrons. The summed E-state index contributed by atoms with van der Waals surface area (Å²) in [5.41, 5.74) is -0.402. The maximum absolute atomic E-state index is 11.4. The van der Waals surface area contributed by atoms with Crippen LogP contribution in [0.3, 0.4) is 0 Å². The van der Waals surface area contributed by atoms with Gasteiger partial charge in [-0.1, -0.05) is 34.6 Å². The van der Waals surface area contributed by atoms with Crippen LogP contribution in [0.2, 0.25) is 0 Å². The zero-order valence-corrected chi connectivity index (χ0v) is 15.0. The highest BCUT2D eigenvalue weighted by molar-refractivity contribution is 5.85. The first-order chi connectivity index (χ1) is 9.55. The number of ketones is 1. The monoisotopic (exact) mass is 301 g/mol. The second kappa shape index (κ2) is 11.7. The molecule has 4 heteroatoms. The van der Waals surface area contributed by atoms with Crippen molar-refractivity contribution in [3.8, 4) is 0 Å². The average Bonchev–Trinajstić information content (AvgIpc) is 2.35. The molecule has 0 heterocycles. The normalized spacial score (nSPS) is 11.1. The lowest BCUT2D eigenvalue weighted by Crippen LogP contribution is -2.44. The van der Waals surface area contributed by atoms with Gasteiger partial charge >= 0.3 is 0 Å². The molecule has 0 unspecified atom stereocenters. The lowest BCUT2D eigenvalue weighted by Gasteiger charge is -2.25. The van der Waals surface area contributed by atoms with E-state index in [4.69, 9.17) is 5.11 Å². The Bertz CT molecular complexity index is 290. The van der Waals surface area contributed by atoms with Crippen LogP contribution in [0.4, 0.5) is 0 Å². The van der Waals surface area contributed by atoms with Gasteiger partial charge in [-0.25, -0.2) is 0 Å². The van der Waals surface area contributed by atoms with Gasteiger partial charge in [0.2, 0.25) is 5.91 Å². The molecule has 0 aromatic heterocycles. The van der Waals surface area contributed by atoms with Crippen molar-refractivity contribution in [2.24, 2.45) is 11.8 Å². The van der Waals surface area contributed by atoms with Crippen LogP contribution in [0.5, 0.6) is 0 Å². The Labute approximate surface area is 130 Å². The highest BCUT2D eigenvalue weighted by atomic mass is 16.3. The first kappa shape index (κ1) is 22.4. The van der Waals surface area contributed by atoms with Crippen LogP contribution in [-0.2, 0) is 9.59 Å². The van der Waals surface area contributed by atoms with Crippen molar-refractivity contribution in [1.29, 1.82) is 0 Å². The summed E-state index contributed by atoms with van der Waals surface area (Å²) >= 11 is 0. The molecule has 0 radical (unpaired) electrons. The van der Waals surface area contributed by atoms with Crippen molar-refractivity contribution < 1.29 is 14.7 Å². The number of carbonyl (C=O) groups is 2. The maximum Gasteiger partial charge on any atom is 0.220 e. The van der Waals surface area contributed by atoms with Crippen LogP contribution < -0.4 is 5.32 Å². The Morgan fingerprint density at radius 1 is 1.05 bits per heavy atom. The van der Waals surface area contributed by atoms with Crippen molar-refractivity contribution in [3.63, 3.8) is 0 Å². The fourth-order valence-corrected chi connectivity index (χ4v) is 1.21. The summed E-state index contributed by atoms with van der Waals surface area (Å²) in [4.78, 5) is 22.4. The van der Waals surface area contributed by atoms with E-state index in [9.17, 15) is 9.59 Å². The summed E-state index contributed by atoms with van der Waals surface area (Å²) < 4.78 is 0. The first-order valence-electron chi connectivity index (χ1n) is 7.99. The van der Waals surface area contributed by atoms with Gasteiger partial charge in [-0.05, 0) is 32.1 Å². The highest BCUT2D eigenvalue weighted by Crippen LogP contribution is 2.08. The Morgan fingerprint density at radius 3 is 1.86 bits per heavy atom. The van der Waals surface area contributed by atoms with Crippen molar-refractivity contribution >= 4 is 11.7 Å². The van der Waals surface area contributed by atoms with Gasteiger partial charge in [0.05, 0.1) is 0 Å². The number of Topliss-reactive ketones (excluding diaryl/α,β-unsaturated/α-hetero) is 1. The van der Waals surface area contributed by atoms with Crippen molar-refractivity contribution in [2.45, 2.75) is 79.7 Å². The van der Waals surface area contributed by atoms with Crippen LogP contribution in [0.15, 0.2) is 0 Å². The molecule has 0 bridgehead atoms. The number of carbonyl (C=O) groups excluding carboxylic acids is 2. The molecule has 4 nitrogen and oxygen atoms in total. The Morgan fingerprint density at radius 2 is 1.52 bits per heavy atom. The summed E-state index contributed by atoms with van der Waals surface area (Å²) in [6.45, 7) is 14.5. The van der Waals surface area contributed by atoms with Gasteiger partial charge in [0, 0.05) is 31.4 Å². The van der Waals surface area contributed by atoms with Crippen LogP contribution >= 0.6 is 0 Å². The van der Waals surface area contributed by atoms with Crippen molar-refractivity contribution in [3.05, 3.63) is 0 Å². The summed E-state index contributed by atoms with van der Waals surface area (Å²) in [5.74, 6) is 1.68. The second-order valence-electron chi connectivity index (χ2n) is 6.79. The zero-order valence-electron chi connectivity index (χ0n) is 15.0. The quantitative estimate of drug-likeness (QED) is 0.722. The first-order valence-corrected chi connectivity index (χ1v) is 7.99. The van der Waals surface area contributed by atoms with Crippen molar-refractivity contribution in [2.75, 3.05) is 6.61 Å². The zero-order chi connectivity index (χ0) is 17.1. The number of nitrogens with one attached hydrogen (secondary N) is 1. The van der Waals surface area contributed by atoms with Gasteiger partial charge in [-0.15, -0.1) is 0 Å². The molecular weight excluding hydrogens is 266 g/mol. The minimum Gasteiger partial charge on any atom is -0.396 e. The van der Waals surface area contributed by atoms with Crippen LogP contribution in [-0.4, -0.2) is 28.9 Å². The molecule has 0 rings (SSSR count). The maximum atomic E-state index is 11.4. The van der Waals surface area contributed by atoms with E-state index in [1.807, 2.05) is 13.8 Å². The molecule has 0 saturated carbocycles. The summed E-state index contributed by atoms with van der Waals surface area (Å²) in [7, 11) is 0. The van der Waals surface area contributed by atoms with E-state index in [2.05, 4.69) is 33.0 Å². The second-order valence-corrected chi connectivity index (χ2v) is 6.79. The van der Waals surface area contributed by atoms with Gasteiger partial charge in [0.25, 0.3) is 0 Å². The van der Waals surface area contributed by atoms with Gasteiger partial charge in [0.15, 0.2) is 0 Å². The summed E-state index contributed by atoms with van der Waals surface area (Å²) in [6.07, 6.45) is 1.53. The Kier molecular flexibility index (Phi) is 12.5. The topological polar surface area (TPSA) is 66.4 Å². The van der Waals surface area contributed by atoms with E-state index in [-0.39, 0.29) is 24.7 Å². The average molecular weight is 301 g/mol. The van der Waals surface area contributed by atoms with Crippen LogP contribution in [0.1, 0.15) is 74.1 Å². The van der Waals surface area contributed by atoms with Gasteiger partial charge in [-0.2, -0.15) is 0 Å². The Balaban J connectivity index is 0. The lowest BCUT2D eigenvalue weighted by molar-refractivity contribution is -0.126. The fourth-order valence-electron chi connectivity index (χ4n) is 1.21. The minimum absolute atomic E-state index is 0.0428. The van der Waals surface area contributed by atoms with E-state index >= 15 is 0 Å². The van der Waals surface area contributed by atoms with E-state index in [1.165, 1.54) is 0 Å². The van der Waals surface area contributed by atoms with Gasteiger partial charge < -0.3 is 10.4 Å². The Hall–Kier alpha value is -0.900. The molecule has 21 heavy (non-hydrogen) atoms. The van der Waals surface area contributed by atoms with E-state index < -0.39 is 5.54 Å². The largest absolute Gasteiger partial charge is 0.396 e. The molecule has 0 aliphatic rings. The van der Waals surface area contributed by atoms with Gasteiger partial charge in [0.1, 0.15) is 5.78 Å².